The van der Waals surface area contributed by atoms with E-state index in [4.69, 9.17) is 5.73 Å². The van der Waals surface area contributed by atoms with Crippen molar-refractivity contribution in [3.63, 3.8) is 0 Å². The molecule has 0 unspecified atom stereocenters. The lowest BCUT2D eigenvalue weighted by atomic mass is 10.1. The zero-order valence-electron chi connectivity index (χ0n) is 8.10. The van der Waals surface area contributed by atoms with Gasteiger partial charge >= 0.3 is 0 Å². The highest BCUT2D eigenvalue weighted by atomic mass is 16.1. The van der Waals surface area contributed by atoms with Crippen LogP contribution >= 0.6 is 0 Å². The van der Waals surface area contributed by atoms with Gasteiger partial charge in [0.25, 0.3) is 0 Å². The summed E-state index contributed by atoms with van der Waals surface area (Å²) in [5.74, 6) is 0.269. The SMILES string of the molecule is CCC=C(C)C(=O)CCCCN. The first-order valence-corrected chi connectivity index (χ1v) is 4.62. The lowest BCUT2D eigenvalue weighted by Gasteiger charge is -1.99. The molecule has 0 radical (unpaired) electrons. The molecule has 0 rings (SSSR count). The Hall–Kier alpha value is -0.630. The molecule has 0 bridgehead atoms. The zero-order valence-corrected chi connectivity index (χ0v) is 8.10. The van der Waals surface area contributed by atoms with Gasteiger partial charge in [-0.2, -0.15) is 0 Å². The molecule has 0 spiro atoms. The molecule has 0 amide bonds. The maximum Gasteiger partial charge on any atom is 0.158 e. The Bertz CT molecular complexity index is 161. The quantitative estimate of drug-likeness (QED) is 0.488. The van der Waals surface area contributed by atoms with Gasteiger partial charge in [0.15, 0.2) is 5.78 Å². The number of unbranched alkanes of at least 4 members (excludes halogenated alkanes) is 1. The Morgan fingerprint density at radius 2 is 2.08 bits per heavy atom. The van der Waals surface area contributed by atoms with Gasteiger partial charge in [-0.1, -0.05) is 13.0 Å². The predicted octanol–water partition coefficient (Wildman–Crippen LogP) is 2.04. The third-order valence-corrected chi connectivity index (χ3v) is 1.81. The summed E-state index contributed by atoms with van der Waals surface area (Å²) in [4.78, 5) is 11.3. The van der Waals surface area contributed by atoms with E-state index < -0.39 is 0 Å². The normalized spacial score (nSPS) is 11.8. The minimum absolute atomic E-state index is 0.269. The van der Waals surface area contributed by atoms with Gasteiger partial charge in [0.1, 0.15) is 0 Å². The highest BCUT2D eigenvalue weighted by molar-refractivity contribution is 5.94. The minimum Gasteiger partial charge on any atom is -0.330 e. The summed E-state index contributed by atoms with van der Waals surface area (Å²) in [6, 6.07) is 0. The molecule has 2 heteroatoms. The van der Waals surface area contributed by atoms with E-state index in [-0.39, 0.29) is 5.78 Å². The van der Waals surface area contributed by atoms with Crippen molar-refractivity contribution >= 4 is 5.78 Å². The van der Waals surface area contributed by atoms with E-state index in [2.05, 4.69) is 0 Å². The molecular weight excluding hydrogens is 150 g/mol. The molecule has 0 aromatic rings. The highest BCUT2D eigenvalue weighted by Gasteiger charge is 2.02. The Labute approximate surface area is 74.8 Å². The molecule has 0 fully saturated rings. The standard InChI is InChI=1S/C10H19NO/c1-3-6-9(2)10(12)7-4-5-8-11/h6H,3-5,7-8,11H2,1-2H3. The van der Waals surface area contributed by atoms with E-state index in [1.807, 2.05) is 19.9 Å². The van der Waals surface area contributed by atoms with E-state index in [0.29, 0.717) is 13.0 Å². The van der Waals surface area contributed by atoms with Crippen LogP contribution in [0.4, 0.5) is 0 Å². The van der Waals surface area contributed by atoms with E-state index in [1.54, 1.807) is 0 Å². The Kier molecular flexibility index (Phi) is 6.67. The lowest BCUT2D eigenvalue weighted by Crippen LogP contribution is -2.03. The predicted molar refractivity (Wildman–Crippen MR) is 52.0 cm³/mol. The highest BCUT2D eigenvalue weighted by Crippen LogP contribution is 2.04. The van der Waals surface area contributed by atoms with Crippen molar-refractivity contribution < 1.29 is 4.79 Å². The zero-order chi connectivity index (χ0) is 9.40. The Morgan fingerprint density at radius 1 is 1.42 bits per heavy atom. The van der Waals surface area contributed by atoms with Crippen LogP contribution in [0, 0.1) is 0 Å². The van der Waals surface area contributed by atoms with Gasteiger partial charge in [-0.25, -0.2) is 0 Å². The number of rotatable bonds is 6. The third kappa shape index (κ3) is 5.08. The van der Waals surface area contributed by atoms with Crippen molar-refractivity contribution in [3.05, 3.63) is 11.6 Å². The maximum atomic E-state index is 11.3. The van der Waals surface area contributed by atoms with Gasteiger partial charge < -0.3 is 5.73 Å². The van der Waals surface area contributed by atoms with Crippen LogP contribution in [0.25, 0.3) is 0 Å². The summed E-state index contributed by atoms with van der Waals surface area (Å²) >= 11 is 0. The van der Waals surface area contributed by atoms with Crippen molar-refractivity contribution in [2.45, 2.75) is 39.5 Å². The first-order valence-electron chi connectivity index (χ1n) is 4.62. The maximum absolute atomic E-state index is 11.3. The van der Waals surface area contributed by atoms with Crippen LogP contribution in [0.2, 0.25) is 0 Å². The van der Waals surface area contributed by atoms with Crippen molar-refractivity contribution in [2.75, 3.05) is 6.54 Å². The summed E-state index contributed by atoms with van der Waals surface area (Å²) in [6.45, 7) is 4.61. The second-order valence-corrected chi connectivity index (χ2v) is 2.96. The van der Waals surface area contributed by atoms with Gasteiger partial charge in [0.2, 0.25) is 0 Å². The number of ketones is 1. The van der Waals surface area contributed by atoms with Crippen molar-refractivity contribution in [1.82, 2.24) is 0 Å². The molecule has 0 atom stereocenters. The molecule has 0 aromatic heterocycles. The Balaban J connectivity index is 3.64. The lowest BCUT2D eigenvalue weighted by molar-refractivity contribution is -0.115. The van der Waals surface area contributed by atoms with Gasteiger partial charge in [-0.15, -0.1) is 0 Å². The van der Waals surface area contributed by atoms with Crippen LogP contribution in [0.1, 0.15) is 39.5 Å². The fourth-order valence-electron chi connectivity index (χ4n) is 1.05. The van der Waals surface area contributed by atoms with Gasteiger partial charge in [0.05, 0.1) is 0 Å². The second kappa shape index (κ2) is 7.04. The smallest absolute Gasteiger partial charge is 0.158 e. The second-order valence-electron chi connectivity index (χ2n) is 2.96. The first-order chi connectivity index (χ1) is 5.72. The van der Waals surface area contributed by atoms with Crippen molar-refractivity contribution in [2.24, 2.45) is 5.73 Å². The van der Waals surface area contributed by atoms with E-state index in [0.717, 1.165) is 24.8 Å². The topological polar surface area (TPSA) is 43.1 Å². The van der Waals surface area contributed by atoms with Crippen LogP contribution in [-0.2, 0) is 4.79 Å². The summed E-state index contributed by atoms with van der Waals surface area (Å²) in [5, 5.41) is 0. The molecule has 0 aromatic carbocycles. The number of nitrogens with two attached hydrogens (primary N) is 1. The molecule has 0 saturated carbocycles. The number of Topliss-reactive ketones (excluding diaryl/α,β-unsaturated/α-hetero) is 1. The van der Waals surface area contributed by atoms with Crippen molar-refractivity contribution in [1.29, 1.82) is 0 Å². The average Bonchev–Trinajstić information content (AvgIpc) is 2.05. The average molecular weight is 169 g/mol. The molecule has 0 aliphatic heterocycles. The van der Waals surface area contributed by atoms with Crippen LogP contribution < -0.4 is 5.73 Å². The monoisotopic (exact) mass is 169 g/mol. The summed E-state index contributed by atoms with van der Waals surface area (Å²) < 4.78 is 0. The summed E-state index contributed by atoms with van der Waals surface area (Å²) in [7, 11) is 0. The number of hydrogen-bond acceptors (Lipinski definition) is 2. The molecule has 0 saturated heterocycles. The molecule has 12 heavy (non-hydrogen) atoms. The number of allylic oxidation sites excluding steroid dienone is 2. The van der Waals surface area contributed by atoms with E-state index in [1.165, 1.54) is 0 Å². The summed E-state index contributed by atoms with van der Waals surface area (Å²) in [5.41, 5.74) is 6.22. The fourth-order valence-corrected chi connectivity index (χ4v) is 1.05. The van der Waals surface area contributed by atoms with E-state index in [9.17, 15) is 4.79 Å². The van der Waals surface area contributed by atoms with Crippen molar-refractivity contribution in [3.8, 4) is 0 Å². The first kappa shape index (κ1) is 11.4. The van der Waals surface area contributed by atoms with E-state index >= 15 is 0 Å². The van der Waals surface area contributed by atoms with Crippen LogP contribution in [0.3, 0.4) is 0 Å². The minimum atomic E-state index is 0.269. The largest absolute Gasteiger partial charge is 0.330 e. The molecule has 70 valence electrons. The molecule has 0 aliphatic rings. The van der Waals surface area contributed by atoms with Gasteiger partial charge in [0, 0.05) is 6.42 Å². The number of carbonyl (C=O) groups excluding carboxylic acids is 1. The Morgan fingerprint density at radius 3 is 2.58 bits per heavy atom. The molecule has 2 nitrogen and oxygen atoms in total. The molecule has 0 heterocycles. The molecular formula is C10H19NO. The van der Waals surface area contributed by atoms with Gasteiger partial charge in [-0.05, 0) is 38.3 Å². The van der Waals surface area contributed by atoms with Crippen LogP contribution in [-0.4, -0.2) is 12.3 Å². The van der Waals surface area contributed by atoms with Crippen LogP contribution in [0.15, 0.2) is 11.6 Å². The number of hydrogen-bond donors (Lipinski definition) is 1. The van der Waals surface area contributed by atoms with Crippen LogP contribution in [0.5, 0.6) is 0 Å². The third-order valence-electron chi connectivity index (χ3n) is 1.81. The molecule has 2 N–H and O–H groups in total. The fraction of sp³-hybridized carbons (Fsp3) is 0.700. The molecule has 0 aliphatic carbocycles. The number of carbonyl (C=O) groups is 1. The summed E-state index contributed by atoms with van der Waals surface area (Å²) in [6.07, 6.45) is 5.44. The van der Waals surface area contributed by atoms with Gasteiger partial charge in [-0.3, -0.25) is 4.79 Å².